The molecule has 1 aromatic heterocycles. The molecule has 0 spiro atoms. The van der Waals surface area contributed by atoms with Gasteiger partial charge >= 0.3 is 0 Å². The van der Waals surface area contributed by atoms with Gasteiger partial charge in [0.25, 0.3) is 5.91 Å². The lowest BCUT2D eigenvalue weighted by Crippen LogP contribution is -2.29. The van der Waals surface area contributed by atoms with E-state index < -0.39 is 6.10 Å². The molecule has 0 aliphatic carbocycles. The van der Waals surface area contributed by atoms with Gasteiger partial charge in [0.1, 0.15) is 11.5 Å². The van der Waals surface area contributed by atoms with Crippen LogP contribution in [0.15, 0.2) is 54.6 Å². The Morgan fingerprint density at radius 3 is 2.78 bits per heavy atom. The number of hydrogen-bond donors (Lipinski definition) is 2. The molecule has 0 unspecified atom stereocenters. The van der Waals surface area contributed by atoms with Gasteiger partial charge in [0, 0.05) is 24.6 Å². The molecule has 0 bridgehead atoms. The molecule has 4 nitrogen and oxygen atoms in total. The van der Waals surface area contributed by atoms with Crippen LogP contribution in [-0.2, 0) is 4.74 Å². The number of amides is 1. The summed E-state index contributed by atoms with van der Waals surface area (Å²) in [5, 5.41) is 3.79. The van der Waals surface area contributed by atoms with Gasteiger partial charge in [-0.1, -0.05) is 30.3 Å². The van der Waals surface area contributed by atoms with Crippen LogP contribution in [0.25, 0.3) is 10.9 Å². The topological polar surface area (TPSA) is 54.1 Å². The lowest BCUT2D eigenvalue weighted by Gasteiger charge is -2.16. The van der Waals surface area contributed by atoms with E-state index in [0.717, 1.165) is 10.9 Å². The number of carbonyl (C=O) groups is 1. The summed E-state index contributed by atoms with van der Waals surface area (Å²) >= 11 is 0. The number of H-pyrrole nitrogens is 1. The second kappa shape index (κ2) is 6.62. The first-order valence-corrected chi connectivity index (χ1v) is 7.31. The van der Waals surface area contributed by atoms with Gasteiger partial charge < -0.3 is 15.0 Å². The number of rotatable bonds is 5. The van der Waals surface area contributed by atoms with Crippen molar-refractivity contribution in [3.8, 4) is 0 Å². The van der Waals surface area contributed by atoms with Crippen molar-refractivity contribution in [2.45, 2.75) is 6.10 Å². The van der Waals surface area contributed by atoms with Crippen LogP contribution in [0, 0.1) is 5.82 Å². The number of aromatic amines is 1. The Morgan fingerprint density at radius 1 is 1.22 bits per heavy atom. The Kier molecular flexibility index (Phi) is 4.39. The molecule has 2 N–H and O–H groups in total. The molecule has 5 heteroatoms. The smallest absolute Gasteiger partial charge is 0.267 e. The number of carbonyl (C=O) groups excluding carboxylic acids is 1. The third-order valence-corrected chi connectivity index (χ3v) is 3.73. The third-order valence-electron chi connectivity index (χ3n) is 3.73. The van der Waals surface area contributed by atoms with E-state index in [1.807, 2.05) is 24.3 Å². The number of halogens is 1. The van der Waals surface area contributed by atoms with E-state index in [9.17, 15) is 9.18 Å². The number of para-hydroxylation sites is 1. The van der Waals surface area contributed by atoms with Crippen molar-refractivity contribution >= 4 is 16.8 Å². The molecule has 0 saturated carbocycles. The predicted molar refractivity (Wildman–Crippen MR) is 86.8 cm³/mol. The maximum atomic E-state index is 13.3. The highest BCUT2D eigenvalue weighted by Gasteiger charge is 2.15. The molecule has 1 heterocycles. The first-order chi connectivity index (χ1) is 11.2. The molecule has 0 saturated heterocycles. The Hall–Kier alpha value is -2.66. The minimum atomic E-state index is -0.404. The molecule has 23 heavy (non-hydrogen) atoms. The molecule has 2 aromatic carbocycles. The quantitative estimate of drug-likeness (QED) is 0.758. The number of nitrogens with one attached hydrogen (secondary N) is 2. The first kappa shape index (κ1) is 15.2. The van der Waals surface area contributed by atoms with Gasteiger partial charge in [-0.25, -0.2) is 4.39 Å². The van der Waals surface area contributed by atoms with Crippen molar-refractivity contribution in [3.05, 3.63) is 71.7 Å². The molecular formula is C18H17FN2O2. The van der Waals surface area contributed by atoms with Crippen LogP contribution < -0.4 is 5.32 Å². The lowest BCUT2D eigenvalue weighted by atomic mass is 10.1. The molecule has 0 radical (unpaired) electrons. The van der Waals surface area contributed by atoms with Crippen molar-refractivity contribution in [2.75, 3.05) is 13.7 Å². The standard InChI is InChI=1S/C18H17FN2O2/c1-23-17(13-6-4-7-14(19)9-13)11-20-18(22)16-10-12-5-2-3-8-15(12)21-16/h2-10,17,21H,11H2,1H3,(H,20,22)/t17-/m1/s1. The third kappa shape index (κ3) is 3.40. The maximum absolute atomic E-state index is 13.3. The predicted octanol–water partition coefficient (Wildman–Crippen LogP) is 3.42. The molecule has 0 fully saturated rings. The number of fused-ring (bicyclic) bond motifs is 1. The van der Waals surface area contributed by atoms with Crippen LogP contribution in [0.4, 0.5) is 4.39 Å². The van der Waals surface area contributed by atoms with Crippen molar-refractivity contribution in [1.82, 2.24) is 10.3 Å². The summed E-state index contributed by atoms with van der Waals surface area (Å²) in [6.07, 6.45) is -0.404. The van der Waals surface area contributed by atoms with Crippen LogP contribution in [0.3, 0.4) is 0 Å². The summed E-state index contributed by atoms with van der Waals surface area (Å²) < 4.78 is 18.6. The van der Waals surface area contributed by atoms with Crippen LogP contribution >= 0.6 is 0 Å². The van der Waals surface area contributed by atoms with Crippen molar-refractivity contribution in [1.29, 1.82) is 0 Å². The molecule has 1 amide bonds. The van der Waals surface area contributed by atoms with E-state index in [4.69, 9.17) is 4.74 Å². The van der Waals surface area contributed by atoms with Crippen molar-refractivity contribution in [3.63, 3.8) is 0 Å². The minimum Gasteiger partial charge on any atom is -0.375 e. The van der Waals surface area contributed by atoms with Gasteiger partial charge in [0.05, 0.1) is 6.10 Å². The fourth-order valence-electron chi connectivity index (χ4n) is 2.52. The summed E-state index contributed by atoms with van der Waals surface area (Å²) in [5.41, 5.74) is 2.08. The summed E-state index contributed by atoms with van der Waals surface area (Å²) in [4.78, 5) is 15.3. The number of ether oxygens (including phenoxy) is 1. The highest BCUT2D eigenvalue weighted by atomic mass is 19.1. The monoisotopic (exact) mass is 312 g/mol. The fraction of sp³-hybridized carbons (Fsp3) is 0.167. The number of aromatic nitrogens is 1. The number of methoxy groups -OCH3 is 1. The SMILES string of the molecule is CO[C@H](CNC(=O)c1cc2ccccc2[nH]1)c1cccc(F)c1. The van der Waals surface area contributed by atoms with Gasteiger partial charge in [-0.3, -0.25) is 4.79 Å². The zero-order valence-electron chi connectivity index (χ0n) is 12.7. The van der Waals surface area contributed by atoms with Crippen LogP contribution in [-0.4, -0.2) is 24.5 Å². The average molecular weight is 312 g/mol. The Labute approximate surface area is 133 Å². The van der Waals surface area contributed by atoms with Gasteiger partial charge in [-0.05, 0) is 29.8 Å². The zero-order chi connectivity index (χ0) is 16.2. The lowest BCUT2D eigenvalue weighted by molar-refractivity contribution is 0.0824. The normalized spacial score (nSPS) is 12.3. The van der Waals surface area contributed by atoms with E-state index in [-0.39, 0.29) is 18.3 Å². The second-order valence-corrected chi connectivity index (χ2v) is 5.26. The van der Waals surface area contributed by atoms with Gasteiger partial charge in [0.2, 0.25) is 0 Å². The van der Waals surface area contributed by atoms with E-state index in [1.54, 1.807) is 18.2 Å². The van der Waals surface area contributed by atoms with Crippen LogP contribution in [0.2, 0.25) is 0 Å². The average Bonchev–Trinajstić information content (AvgIpc) is 2.99. The van der Waals surface area contributed by atoms with E-state index in [1.165, 1.54) is 19.2 Å². The zero-order valence-corrected chi connectivity index (χ0v) is 12.7. The summed E-state index contributed by atoms with van der Waals surface area (Å²) in [5.74, 6) is -0.550. The van der Waals surface area contributed by atoms with Crippen molar-refractivity contribution < 1.29 is 13.9 Å². The Morgan fingerprint density at radius 2 is 2.04 bits per heavy atom. The summed E-state index contributed by atoms with van der Waals surface area (Å²) in [6, 6.07) is 15.7. The maximum Gasteiger partial charge on any atom is 0.267 e. The number of hydrogen-bond acceptors (Lipinski definition) is 2. The largest absolute Gasteiger partial charge is 0.375 e. The highest BCUT2D eigenvalue weighted by molar-refractivity contribution is 5.97. The molecule has 118 valence electrons. The van der Waals surface area contributed by atoms with Crippen LogP contribution in [0.1, 0.15) is 22.2 Å². The van der Waals surface area contributed by atoms with Gasteiger partial charge in [-0.2, -0.15) is 0 Å². The molecule has 0 aliphatic rings. The van der Waals surface area contributed by atoms with E-state index >= 15 is 0 Å². The molecule has 1 atom stereocenters. The summed E-state index contributed by atoms with van der Waals surface area (Å²) in [6.45, 7) is 0.258. The highest BCUT2D eigenvalue weighted by Crippen LogP contribution is 2.18. The van der Waals surface area contributed by atoms with Gasteiger partial charge in [0.15, 0.2) is 0 Å². The van der Waals surface area contributed by atoms with Gasteiger partial charge in [-0.15, -0.1) is 0 Å². The number of benzene rings is 2. The minimum absolute atomic E-state index is 0.223. The second-order valence-electron chi connectivity index (χ2n) is 5.26. The summed E-state index contributed by atoms with van der Waals surface area (Å²) in [7, 11) is 1.53. The molecular weight excluding hydrogens is 295 g/mol. The Balaban J connectivity index is 1.69. The van der Waals surface area contributed by atoms with E-state index in [0.29, 0.717) is 11.3 Å². The van der Waals surface area contributed by atoms with Crippen molar-refractivity contribution in [2.24, 2.45) is 0 Å². The Bertz CT molecular complexity index is 796. The fourth-order valence-corrected chi connectivity index (χ4v) is 2.52. The van der Waals surface area contributed by atoms with E-state index in [2.05, 4.69) is 10.3 Å². The van der Waals surface area contributed by atoms with Crippen LogP contribution in [0.5, 0.6) is 0 Å². The molecule has 3 rings (SSSR count). The first-order valence-electron chi connectivity index (χ1n) is 7.31. The molecule has 0 aliphatic heterocycles. The molecule has 3 aromatic rings.